The topological polar surface area (TPSA) is 99.3 Å². The summed E-state index contributed by atoms with van der Waals surface area (Å²) in [7, 11) is 0. The number of benzene rings is 1. The van der Waals surface area contributed by atoms with Crippen molar-refractivity contribution in [2.45, 2.75) is 24.7 Å². The molecule has 2 bridgehead atoms. The molecule has 2 aromatic rings. The van der Waals surface area contributed by atoms with E-state index in [4.69, 9.17) is 5.73 Å². The first-order valence-corrected chi connectivity index (χ1v) is 11.6. The highest BCUT2D eigenvalue weighted by atomic mass is 79.9. The fourth-order valence-corrected chi connectivity index (χ4v) is 6.54. The second-order valence-corrected chi connectivity index (χ2v) is 10.2. The second-order valence-electron chi connectivity index (χ2n) is 9.29. The van der Waals surface area contributed by atoms with Crippen LogP contribution in [0.15, 0.2) is 58.7 Å². The molecular weight excluding hydrogens is 456 g/mol. The number of aromatic nitrogens is 2. The van der Waals surface area contributed by atoms with Crippen LogP contribution in [0, 0.1) is 17.8 Å². The van der Waals surface area contributed by atoms with Gasteiger partial charge in [0.2, 0.25) is 0 Å². The molecule has 160 valence electrons. The lowest BCUT2D eigenvalue weighted by atomic mass is 9.54. The van der Waals surface area contributed by atoms with Crippen LogP contribution in [0.5, 0.6) is 5.75 Å². The molecule has 4 atom stereocenters. The number of nitrogens with two attached hydrogens (primary N) is 1. The van der Waals surface area contributed by atoms with E-state index in [0.717, 1.165) is 53.2 Å². The van der Waals surface area contributed by atoms with E-state index in [-0.39, 0.29) is 11.2 Å². The van der Waals surface area contributed by atoms with E-state index in [0.29, 0.717) is 23.6 Å². The van der Waals surface area contributed by atoms with Crippen molar-refractivity contribution in [1.29, 1.82) is 0 Å². The summed E-state index contributed by atoms with van der Waals surface area (Å²) < 4.78 is 0.931. The van der Waals surface area contributed by atoms with Crippen LogP contribution in [-0.2, 0) is 5.41 Å². The zero-order chi connectivity index (χ0) is 21.2. The summed E-state index contributed by atoms with van der Waals surface area (Å²) in [4.78, 5) is 11.8. The molecule has 3 heterocycles. The van der Waals surface area contributed by atoms with Gasteiger partial charge < -0.3 is 15.7 Å². The smallest absolute Gasteiger partial charge is 0.139 e. The Bertz CT molecular complexity index is 1100. The van der Waals surface area contributed by atoms with E-state index >= 15 is 0 Å². The number of phenolic OH excluding ortho intramolecular Hbond substituents is 1. The first-order chi connectivity index (χ1) is 15.0. The molecule has 2 saturated carbocycles. The lowest BCUT2D eigenvalue weighted by Crippen LogP contribution is -2.54. The number of phenols is 1. The Kier molecular flexibility index (Phi) is 4.21. The molecule has 4 aliphatic rings. The van der Waals surface area contributed by atoms with Crippen molar-refractivity contribution in [1.82, 2.24) is 25.7 Å². The molecule has 8 heteroatoms. The lowest BCUT2D eigenvalue weighted by molar-refractivity contribution is 0.0273. The maximum absolute atomic E-state index is 10.3. The number of para-hydroxylation sites is 1. The molecule has 1 aromatic carbocycles. The predicted molar refractivity (Wildman–Crippen MR) is 121 cm³/mol. The van der Waals surface area contributed by atoms with Gasteiger partial charge in [0.25, 0.3) is 0 Å². The van der Waals surface area contributed by atoms with Crippen LogP contribution in [0.4, 0.5) is 0 Å². The number of allylic oxidation sites excluding steroid dienone is 1. The highest BCUT2D eigenvalue weighted by Crippen LogP contribution is 2.64. The zero-order valence-corrected chi connectivity index (χ0v) is 18.6. The highest BCUT2D eigenvalue weighted by Gasteiger charge is 2.63. The number of nitrogens with one attached hydrogen (secondary N) is 2. The number of hydrogen-bond acceptors (Lipinski definition) is 7. The number of halogens is 1. The molecule has 4 unspecified atom stereocenters. The Morgan fingerprint density at radius 2 is 1.94 bits per heavy atom. The molecule has 5 N–H and O–H groups in total. The van der Waals surface area contributed by atoms with Gasteiger partial charge in [-0.3, -0.25) is 10.9 Å². The second kappa shape index (κ2) is 6.88. The average Bonchev–Trinajstić information content (AvgIpc) is 2.94. The van der Waals surface area contributed by atoms with E-state index in [1.54, 1.807) is 6.07 Å². The molecule has 31 heavy (non-hydrogen) atoms. The van der Waals surface area contributed by atoms with Gasteiger partial charge in [-0.1, -0.05) is 12.1 Å². The van der Waals surface area contributed by atoms with Gasteiger partial charge in [-0.25, -0.2) is 9.97 Å². The third-order valence-electron chi connectivity index (χ3n) is 7.57. The Labute approximate surface area is 189 Å². The monoisotopic (exact) mass is 480 g/mol. The number of hydrogen-bond donors (Lipinski definition) is 4. The fraction of sp³-hybridized carbons (Fsp3) is 0.391. The third kappa shape index (κ3) is 2.91. The van der Waals surface area contributed by atoms with Crippen molar-refractivity contribution in [2.75, 3.05) is 13.1 Å². The van der Waals surface area contributed by atoms with Crippen molar-refractivity contribution < 1.29 is 5.11 Å². The van der Waals surface area contributed by atoms with E-state index in [1.807, 2.05) is 30.6 Å². The van der Waals surface area contributed by atoms with Crippen molar-refractivity contribution in [3.8, 4) is 5.75 Å². The fourth-order valence-electron chi connectivity index (χ4n) is 6.33. The van der Waals surface area contributed by atoms with Gasteiger partial charge in [-0.2, -0.15) is 0 Å². The summed E-state index contributed by atoms with van der Waals surface area (Å²) in [6.45, 7) is 1.97. The maximum atomic E-state index is 10.3. The molecular formula is C23H25BrN6O. The first-order valence-electron chi connectivity index (χ1n) is 10.8. The minimum absolute atomic E-state index is 0.158. The summed E-state index contributed by atoms with van der Waals surface area (Å²) in [5.41, 5.74) is 15.3. The molecule has 1 saturated heterocycles. The number of likely N-dealkylation sites (tertiary alicyclic amines) is 1. The van der Waals surface area contributed by atoms with Crippen LogP contribution in [-0.4, -0.2) is 33.1 Å². The van der Waals surface area contributed by atoms with Gasteiger partial charge in [0.1, 0.15) is 17.4 Å². The minimum atomic E-state index is 0.158. The van der Waals surface area contributed by atoms with E-state index in [2.05, 4.69) is 47.7 Å². The summed E-state index contributed by atoms with van der Waals surface area (Å²) in [5.74, 6) is 3.76. The zero-order valence-electron chi connectivity index (χ0n) is 17.1. The van der Waals surface area contributed by atoms with Crippen LogP contribution >= 0.6 is 15.9 Å². The minimum Gasteiger partial charge on any atom is -0.507 e. The quantitative estimate of drug-likeness (QED) is 0.535. The summed E-state index contributed by atoms with van der Waals surface area (Å²) in [6, 6.07) is 7.34. The van der Waals surface area contributed by atoms with Gasteiger partial charge in [-0.05, 0) is 71.2 Å². The molecule has 7 nitrogen and oxygen atoms in total. The molecule has 6 rings (SSSR count). The maximum Gasteiger partial charge on any atom is 0.139 e. The molecule has 2 aliphatic heterocycles. The molecule has 0 radical (unpaired) electrons. The summed E-state index contributed by atoms with van der Waals surface area (Å²) >= 11 is 3.46. The van der Waals surface area contributed by atoms with Crippen molar-refractivity contribution >= 4 is 21.6 Å². The number of nitrogens with zero attached hydrogens (tertiary/aromatic N) is 3. The molecule has 2 aliphatic carbocycles. The number of hydrazine groups is 1. The largest absolute Gasteiger partial charge is 0.507 e. The Morgan fingerprint density at radius 3 is 2.74 bits per heavy atom. The van der Waals surface area contributed by atoms with Crippen molar-refractivity contribution in [3.05, 3.63) is 70.1 Å². The van der Waals surface area contributed by atoms with Crippen molar-refractivity contribution in [2.24, 2.45) is 23.5 Å². The van der Waals surface area contributed by atoms with Gasteiger partial charge in [-0.15, -0.1) is 0 Å². The van der Waals surface area contributed by atoms with Crippen LogP contribution < -0.4 is 16.6 Å². The van der Waals surface area contributed by atoms with Crippen molar-refractivity contribution in [3.63, 3.8) is 0 Å². The van der Waals surface area contributed by atoms with Crippen LogP contribution in [0.1, 0.15) is 30.7 Å². The average molecular weight is 481 g/mol. The van der Waals surface area contributed by atoms with E-state index in [1.165, 1.54) is 6.42 Å². The summed E-state index contributed by atoms with van der Waals surface area (Å²) in [5, 5.41) is 10.3. The van der Waals surface area contributed by atoms with Gasteiger partial charge in [0.05, 0.1) is 15.9 Å². The number of aromatic hydroxyl groups is 1. The Morgan fingerprint density at radius 1 is 1.13 bits per heavy atom. The number of rotatable bonds is 3. The summed E-state index contributed by atoms with van der Waals surface area (Å²) in [6.07, 6.45) is 9.33. The molecule has 3 fully saturated rings. The van der Waals surface area contributed by atoms with E-state index < -0.39 is 0 Å². The standard InChI is InChI=1S/C23H25BrN6O/c24-15-9-26-22(27-10-15)23-7-13-5-17(23)14(8-23)12-30(11-13)19-6-18(28-29-21(19)25)16-3-1-2-4-20(16)31/h1-4,6,9-10,13-14,17,28-29,31H,5,7-8,11-12,25H2. The van der Waals surface area contributed by atoms with Crippen LogP contribution in [0.2, 0.25) is 0 Å². The third-order valence-corrected chi connectivity index (χ3v) is 7.98. The number of fused-ring (bicyclic) bond motifs is 1. The predicted octanol–water partition coefficient (Wildman–Crippen LogP) is 2.82. The van der Waals surface area contributed by atoms with Gasteiger partial charge in [0, 0.05) is 36.5 Å². The van der Waals surface area contributed by atoms with Gasteiger partial charge in [0.15, 0.2) is 0 Å². The Balaban J connectivity index is 1.27. The normalized spacial score (nSPS) is 31.3. The molecule has 0 spiro atoms. The first kappa shape index (κ1) is 19.0. The van der Waals surface area contributed by atoms with Gasteiger partial charge >= 0.3 is 0 Å². The van der Waals surface area contributed by atoms with Crippen LogP contribution in [0.3, 0.4) is 0 Å². The molecule has 0 amide bonds. The molecule has 1 aromatic heterocycles. The van der Waals surface area contributed by atoms with E-state index in [9.17, 15) is 5.11 Å². The lowest BCUT2D eigenvalue weighted by Gasteiger charge is -2.53. The Hall–Kier alpha value is -2.74. The van der Waals surface area contributed by atoms with Crippen LogP contribution in [0.25, 0.3) is 5.70 Å². The highest BCUT2D eigenvalue weighted by molar-refractivity contribution is 9.10. The SMILES string of the molecule is NC1=C(N2CC3CC4C(C2)CC4(c2ncc(Br)cn2)C3)C=C(c2ccccc2O)NN1.